The molecule has 2 aromatic rings. The second-order valence-electron chi connectivity index (χ2n) is 5.86. The van der Waals surface area contributed by atoms with Crippen LogP contribution in [0.3, 0.4) is 0 Å². The summed E-state index contributed by atoms with van der Waals surface area (Å²) in [6.45, 7) is 3.71. The molecule has 6 heteroatoms. The fourth-order valence-corrected chi connectivity index (χ4v) is 2.70. The average molecular weight is 313 g/mol. The standard InChI is InChI=1S/C17H23N5O/c1-13(15-7-3-4-8-18-15)22(2)17-10-16(19-12-20-17)21-14-6-5-9-23-11-14/h3-4,7-8,10,12-14H,5-6,9,11H2,1-2H3,(H,19,20,21)/t13-,14-/m0/s1. The normalized spacial score (nSPS) is 19.1. The summed E-state index contributed by atoms with van der Waals surface area (Å²) in [6.07, 6.45) is 5.62. The van der Waals surface area contributed by atoms with Gasteiger partial charge >= 0.3 is 0 Å². The summed E-state index contributed by atoms with van der Waals surface area (Å²) in [4.78, 5) is 15.3. The summed E-state index contributed by atoms with van der Waals surface area (Å²) in [7, 11) is 2.02. The predicted octanol–water partition coefficient (Wildman–Crippen LogP) is 2.66. The number of rotatable bonds is 5. The Balaban J connectivity index is 1.71. The number of ether oxygens (including phenoxy) is 1. The van der Waals surface area contributed by atoms with Crippen LogP contribution in [0.4, 0.5) is 11.6 Å². The number of nitrogens with one attached hydrogen (secondary N) is 1. The van der Waals surface area contributed by atoms with E-state index >= 15 is 0 Å². The van der Waals surface area contributed by atoms with Crippen molar-refractivity contribution >= 4 is 11.6 Å². The van der Waals surface area contributed by atoms with E-state index in [0.29, 0.717) is 6.04 Å². The van der Waals surface area contributed by atoms with Gasteiger partial charge in [0.25, 0.3) is 0 Å². The van der Waals surface area contributed by atoms with Gasteiger partial charge in [0.15, 0.2) is 0 Å². The maximum atomic E-state index is 5.50. The zero-order valence-corrected chi connectivity index (χ0v) is 13.6. The van der Waals surface area contributed by atoms with Gasteiger partial charge in [-0.3, -0.25) is 4.98 Å². The van der Waals surface area contributed by atoms with Gasteiger partial charge in [0, 0.05) is 25.9 Å². The molecular formula is C17H23N5O. The van der Waals surface area contributed by atoms with Gasteiger partial charge in [0.2, 0.25) is 0 Å². The van der Waals surface area contributed by atoms with Crippen molar-refractivity contribution in [1.82, 2.24) is 15.0 Å². The number of aromatic nitrogens is 3. The molecule has 2 aromatic heterocycles. The first-order valence-electron chi connectivity index (χ1n) is 8.04. The van der Waals surface area contributed by atoms with Crippen molar-refractivity contribution in [1.29, 1.82) is 0 Å². The van der Waals surface area contributed by atoms with Crippen LogP contribution in [0.2, 0.25) is 0 Å². The number of hydrogen-bond donors (Lipinski definition) is 1. The molecule has 3 rings (SSSR count). The van der Waals surface area contributed by atoms with Crippen LogP contribution >= 0.6 is 0 Å². The Morgan fingerprint density at radius 1 is 1.30 bits per heavy atom. The molecule has 3 heterocycles. The SMILES string of the molecule is C[C@@H](c1ccccn1)N(C)c1cc(N[C@H]2CCCOC2)ncn1. The molecule has 23 heavy (non-hydrogen) atoms. The summed E-state index contributed by atoms with van der Waals surface area (Å²) in [5.74, 6) is 1.71. The van der Waals surface area contributed by atoms with Crippen LogP contribution in [0.15, 0.2) is 36.8 Å². The molecule has 6 nitrogen and oxygen atoms in total. The molecule has 0 radical (unpaired) electrons. The maximum absolute atomic E-state index is 5.50. The van der Waals surface area contributed by atoms with Crippen LogP contribution in [-0.2, 0) is 4.74 Å². The van der Waals surface area contributed by atoms with Crippen molar-refractivity contribution in [3.05, 3.63) is 42.5 Å². The van der Waals surface area contributed by atoms with Crippen LogP contribution in [0.25, 0.3) is 0 Å². The maximum Gasteiger partial charge on any atom is 0.134 e. The van der Waals surface area contributed by atoms with E-state index in [1.807, 2.05) is 37.5 Å². The number of anilines is 2. The van der Waals surface area contributed by atoms with Crippen molar-refractivity contribution in [3.8, 4) is 0 Å². The summed E-state index contributed by atoms with van der Waals surface area (Å²) in [5, 5.41) is 3.44. The second-order valence-corrected chi connectivity index (χ2v) is 5.86. The van der Waals surface area contributed by atoms with Gasteiger partial charge in [-0.05, 0) is 31.9 Å². The van der Waals surface area contributed by atoms with Gasteiger partial charge in [-0.15, -0.1) is 0 Å². The fourth-order valence-electron chi connectivity index (χ4n) is 2.70. The fraction of sp³-hybridized carbons (Fsp3) is 0.471. The molecule has 122 valence electrons. The van der Waals surface area contributed by atoms with Gasteiger partial charge in [-0.25, -0.2) is 9.97 Å². The molecule has 0 aliphatic carbocycles. The zero-order valence-electron chi connectivity index (χ0n) is 13.6. The summed E-state index contributed by atoms with van der Waals surface area (Å²) >= 11 is 0. The summed E-state index contributed by atoms with van der Waals surface area (Å²) in [5.41, 5.74) is 1.02. The van der Waals surface area contributed by atoms with E-state index in [4.69, 9.17) is 4.74 Å². The molecule has 1 saturated heterocycles. The lowest BCUT2D eigenvalue weighted by Crippen LogP contribution is -2.30. The van der Waals surface area contributed by atoms with E-state index in [2.05, 4.69) is 32.1 Å². The second kappa shape index (κ2) is 7.37. The first kappa shape index (κ1) is 15.7. The lowest BCUT2D eigenvalue weighted by atomic mass is 10.1. The first-order chi connectivity index (χ1) is 11.2. The van der Waals surface area contributed by atoms with Gasteiger partial charge in [-0.2, -0.15) is 0 Å². The largest absolute Gasteiger partial charge is 0.379 e. The highest BCUT2D eigenvalue weighted by Crippen LogP contribution is 2.23. The van der Waals surface area contributed by atoms with Crippen molar-refractivity contribution in [2.45, 2.75) is 31.8 Å². The molecule has 2 atom stereocenters. The van der Waals surface area contributed by atoms with E-state index in [1.54, 1.807) is 6.33 Å². The van der Waals surface area contributed by atoms with Crippen molar-refractivity contribution in [2.75, 3.05) is 30.5 Å². The molecule has 0 spiro atoms. The van der Waals surface area contributed by atoms with Crippen LogP contribution < -0.4 is 10.2 Å². The number of pyridine rings is 1. The highest BCUT2D eigenvalue weighted by atomic mass is 16.5. The minimum absolute atomic E-state index is 0.136. The van der Waals surface area contributed by atoms with E-state index in [0.717, 1.165) is 43.4 Å². The highest BCUT2D eigenvalue weighted by molar-refractivity contribution is 5.49. The zero-order chi connectivity index (χ0) is 16.1. The third-order valence-electron chi connectivity index (χ3n) is 4.22. The van der Waals surface area contributed by atoms with Crippen LogP contribution in [0.1, 0.15) is 31.5 Å². The van der Waals surface area contributed by atoms with Crippen LogP contribution in [0.5, 0.6) is 0 Å². The molecule has 0 bridgehead atoms. The molecule has 0 amide bonds. The van der Waals surface area contributed by atoms with E-state index < -0.39 is 0 Å². The van der Waals surface area contributed by atoms with Gasteiger partial charge in [-0.1, -0.05) is 6.07 Å². The average Bonchev–Trinajstić information content (AvgIpc) is 2.62. The topological polar surface area (TPSA) is 63.2 Å². The van der Waals surface area contributed by atoms with Crippen molar-refractivity contribution in [3.63, 3.8) is 0 Å². The van der Waals surface area contributed by atoms with Gasteiger partial charge in [0.1, 0.15) is 18.0 Å². The van der Waals surface area contributed by atoms with Gasteiger partial charge in [0.05, 0.1) is 24.4 Å². The van der Waals surface area contributed by atoms with Gasteiger partial charge < -0.3 is 15.0 Å². The molecule has 1 N–H and O–H groups in total. The van der Waals surface area contributed by atoms with Crippen LogP contribution in [0, 0.1) is 0 Å². The summed E-state index contributed by atoms with van der Waals surface area (Å²) < 4.78 is 5.50. The third kappa shape index (κ3) is 3.96. The lowest BCUT2D eigenvalue weighted by molar-refractivity contribution is 0.0875. The number of hydrogen-bond acceptors (Lipinski definition) is 6. The Bertz CT molecular complexity index is 615. The highest BCUT2D eigenvalue weighted by Gasteiger charge is 2.17. The Kier molecular flexibility index (Phi) is 5.02. The molecule has 1 aliphatic heterocycles. The first-order valence-corrected chi connectivity index (χ1v) is 8.04. The Labute approximate surface area is 136 Å². The predicted molar refractivity (Wildman–Crippen MR) is 90.6 cm³/mol. The summed E-state index contributed by atoms with van der Waals surface area (Å²) in [6, 6.07) is 8.40. The Hall–Kier alpha value is -2.21. The number of nitrogens with zero attached hydrogens (tertiary/aromatic N) is 4. The lowest BCUT2D eigenvalue weighted by Gasteiger charge is -2.27. The van der Waals surface area contributed by atoms with E-state index in [9.17, 15) is 0 Å². The minimum atomic E-state index is 0.136. The van der Waals surface area contributed by atoms with Crippen LogP contribution in [-0.4, -0.2) is 41.3 Å². The Morgan fingerprint density at radius 2 is 2.22 bits per heavy atom. The molecule has 0 aromatic carbocycles. The van der Waals surface area contributed by atoms with E-state index in [-0.39, 0.29) is 6.04 Å². The molecule has 1 fully saturated rings. The van der Waals surface area contributed by atoms with Crippen molar-refractivity contribution in [2.24, 2.45) is 0 Å². The molecule has 0 unspecified atom stereocenters. The van der Waals surface area contributed by atoms with E-state index in [1.165, 1.54) is 0 Å². The smallest absolute Gasteiger partial charge is 0.134 e. The minimum Gasteiger partial charge on any atom is -0.379 e. The molecular weight excluding hydrogens is 290 g/mol. The third-order valence-corrected chi connectivity index (χ3v) is 4.22. The quantitative estimate of drug-likeness (QED) is 0.915. The molecule has 0 saturated carbocycles. The Morgan fingerprint density at radius 3 is 2.96 bits per heavy atom. The monoisotopic (exact) mass is 313 g/mol. The molecule has 1 aliphatic rings. The van der Waals surface area contributed by atoms with Crippen molar-refractivity contribution < 1.29 is 4.74 Å².